The van der Waals surface area contributed by atoms with Gasteiger partial charge in [-0.25, -0.2) is 0 Å². The molecule has 1 N–H and O–H groups in total. The molecule has 1 heterocycles. The van der Waals surface area contributed by atoms with Gasteiger partial charge in [-0.15, -0.1) is 0 Å². The molecular weight excluding hydrogens is 176 g/mol. The molecule has 3 nitrogen and oxygen atoms in total. The topological polar surface area (TPSA) is 24.5 Å². The van der Waals surface area contributed by atoms with Crippen molar-refractivity contribution in [3.63, 3.8) is 0 Å². The minimum atomic E-state index is 0.489. The number of methoxy groups -OCH3 is 1. The Morgan fingerprint density at radius 1 is 1.36 bits per heavy atom. The third-order valence-electron chi connectivity index (χ3n) is 3.45. The van der Waals surface area contributed by atoms with Crippen molar-refractivity contribution in [2.45, 2.75) is 18.9 Å². The summed E-state index contributed by atoms with van der Waals surface area (Å²) in [5, 5.41) is 3.50. The van der Waals surface area contributed by atoms with E-state index in [0.717, 1.165) is 25.6 Å². The lowest BCUT2D eigenvalue weighted by Gasteiger charge is -2.27. The van der Waals surface area contributed by atoms with Gasteiger partial charge < -0.3 is 15.0 Å². The number of nitrogens with zero attached hydrogens (tertiary/aromatic N) is 1. The fraction of sp³-hybridized carbons (Fsp3) is 1.00. The van der Waals surface area contributed by atoms with E-state index < -0.39 is 0 Å². The fourth-order valence-corrected chi connectivity index (χ4v) is 2.53. The highest BCUT2D eigenvalue weighted by Gasteiger charge is 2.37. The first kappa shape index (κ1) is 10.4. The second-order valence-corrected chi connectivity index (χ2v) is 4.76. The molecule has 2 fully saturated rings. The van der Waals surface area contributed by atoms with Crippen LogP contribution in [0.3, 0.4) is 0 Å². The normalized spacial score (nSPS) is 32.6. The van der Waals surface area contributed by atoms with Crippen LogP contribution in [0.5, 0.6) is 0 Å². The van der Waals surface area contributed by atoms with Gasteiger partial charge >= 0.3 is 0 Å². The van der Waals surface area contributed by atoms with Crippen molar-refractivity contribution in [1.82, 2.24) is 10.2 Å². The molecule has 2 atom stereocenters. The molecule has 1 saturated carbocycles. The highest BCUT2D eigenvalue weighted by Crippen LogP contribution is 2.37. The zero-order chi connectivity index (χ0) is 9.97. The summed E-state index contributed by atoms with van der Waals surface area (Å²) >= 11 is 0. The average molecular weight is 198 g/mol. The summed E-state index contributed by atoms with van der Waals surface area (Å²) in [5.41, 5.74) is 0. The van der Waals surface area contributed by atoms with E-state index >= 15 is 0 Å². The number of rotatable bonds is 3. The van der Waals surface area contributed by atoms with Crippen molar-refractivity contribution in [2.75, 3.05) is 40.3 Å². The first-order chi connectivity index (χ1) is 6.81. The third-order valence-corrected chi connectivity index (χ3v) is 3.45. The Morgan fingerprint density at radius 3 is 2.79 bits per heavy atom. The Balaban J connectivity index is 1.91. The molecule has 3 heteroatoms. The molecule has 2 rings (SSSR count). The van der Waals surface area contributed by atoms with Crippen LogP contribution in [0.1, 0.15) is 12.8 Å². The maximum atomic E-state index is 5.65. The van der Waals surface area contributed by atoms with Gasteiger partial charge in [-0.2, -0.15) is 0 Å². The Morgan fingerprint density at radius 2 is 2.14 bits per heavy atom. The molecule has 0 bridgehead atoms. The van der Waals surface area contributed by atoms with Gasteiger partial charge in [-0.1, -0.05) is 0 Å². The van der Waals surface area contributed by atoms with Crippen LogP contribution in [-0.2, 0) is 4.74 Å². The molecule has 1 aliphatic heterocycles. The van der Waals surface area contributed by atoms with Gasteiger partial charge in [-0.05, 0) is 25.8 Å². The maximum absolute atomic E-state index is 5.65. The molecule has 0 aromatic rings. The SMILES string of the molecule is CO[C@H](C1CC1)[C@H]1CNCCN(C)C1. The molecule has 0 aromatic heterocycles. The minimum Gasteiger partial charge on any atom is -0.381 e. The standard InChI is InChI=1S/C11H22N2O/c1-13-6-5-12-7-10(8-13)11(14-2)9-3-4-9/h9-12H,3-8H2,1-2H3/t10-,11+/m0/s1. The molecule has 0 spiro atoms. The van der Waals surface area contributed by atoms with Crippen molar-refractivity contribution >= 4 is 0 Å². The van der Waals surface area contributed by atoms with Crippen molar-refractivity contribution in [3.05, 3.63) is 0 Å². The summed E-state index contributed by atoms with van der Waals surface area (Å²) in [5.74, 6) is 1.53. The average Bonchev–Trinajstić information content (AvgIpc) is 2.96. The van der Waals surface area contributed by atoms with Crippen LogP contribution in [0.4, 0.5) is 0 Å². The number of nitrogens with one attached hydrogen (secondary N) is 1. The van der Waals surface area contributed by atoms with Gasteiger partial charge in [0.15, 0.2) is 0 Å². The van der Waals surface area contributed by atoms with E-state index in [2.05, 4.69) is 17.3 Å². The predicted octanol–water partition coefficient (Wildman–Crippen LogP) is 0.563. The summed E-state index contributed by atoms with van der Waals surface area (Å²) in [4.78, 5) is 2.42. The molecule has 0 unspecified atom stereocenters. The number of likely N-dealkylation sites (N-methyl/N-ethyl adjacent to an activating group) is 1. The Bertz CT molecular complexity index is 182. The van der Waals surface area contributed by atoms with Crippen molar-refractivity contribution < 1.29 is 4.74 Å². The second kappa shape index (κ2) is 4.60. The lowest BCUT2D eigenvalue weighted by Crippen LogP contribution is -2.37. The molecule has 0 aromatic carbocycles. The molecule has 0 amide bonds. The summed E-state index contributed by atoms with van der Waals surface area (Å²) < 4.78 is 5.65. The van der Waals surface area contributed by atoms with Gasteiger partial charge in [0, 0.05) is 39.2 Å². The van der Waals surface area contributed by atoms with Crippen LogP contribution in [0.15, 0.2) is 0 Å². The molecule has 82 valence electrons. The molecule has 2 aliphatic rings. The van der Waals surface area contributed by atoms with E-state index in [1.807, 2.05) is 7.11 Å². The van der Waals surface area contributed by atoms with Crippen molar-refractivity contribution in [2.24, 2.45) is 11.8 Å². The van der Waals surface area contributed by atoms with Gasteiger partial charge in [0.05, 0.1) is 6.10 Å². The summed E-state index contributed by atoms with van der Waals surface area (Å²) in [7, 11) is 4.08. The van der Waals surface area contributed by atoms with Gasteiger partial charge in [-0.3, -0.25) is 0 Å². The highest BCUT2D eigenvalue weighted by molar-refractivity contribution is 4.89. The Labute approximate surface area is 86.8 Å². The first-order valence-corrected chi connectivity index (χ1v) is 5.73. The van der Waals surface area contributed by atoms with Gasteiger partial charge in [0.25, 0.3) is 0 Å². The van der Waals surface area contributed by atoms with Crippen molar-refractivity contribution in [1.29, 1.82) is 0 Å². The van der Waals surface area contributed by atoms with Crippen molar-refractivity contribution in [3.8, 4) is 0 Å². The predicted molar refractivity (Wildman–Crippen MR) is 57.4 cm³/mol. The second-order valence-electron chi connectivity index (χ2n) is 4.76. The number of hydrogen-bond donors (Lipinski definition) is 1. The molecule has 14 heavy (non-hydrogen) atoms. The zero-order valence-electron chi connectivity index (χ0n) is 9.33. The van der Waals surface area contributed by atoms with Gasteiger partial charge in [0.1, 0.15) is 0 Å². The largest absolute Gasteiger partial charge is 0.381 e. The van der Waals surface area contributed by atoms with E-state index in [1.54, 1.807) is 0 Å². The van der Waals surface area contributed by atoms with E-state index in [0.29, 0.717) is 12.0 Å². The van der Waals surface area contributed by atoms with Crippen LogP contribution in [0.25, 0.3) is 0 Å². The highest BCUT2D eigenvalue weighted by atomic mass is 16.5. The van der Waals surface area contributed by atoms with E-state index in [9.17, 15) is 0 Å². The van der Waals surface area contributed by atoms with E-state index in [-0.39, 0.29) is 0 Å². The fourth-order valence-electron chi connectivity index (χ4n) is 2.53. The quantitative estimate of drug-likeness (QED) is 0.717. The summed E-state index contributed by atoms with van der Waals surface area (Å²) in [6.45, 7) is 4.59. The summed E-state index contributed by atoms with van der Waals surface area (Å²) in [6.07, 6.45) is 3.24. The number of hydrogen-bond acceptors (Lipinski definition) is 3. The molecule has 1 aliphatic carbocycles. The van der Waals surface area contributed by atoms with Crippen LogP contribution < -0.4 is 5.32 Å². The third kappa shape index (κ3) is 2.47. The zero-order valence-corrected chi connectivity index (χ0v) is 9.33. The maximum Gasteiger partial charge on any atom is 0.0652 e. The molecule has 1 saturated heterocycles. The van der Waals surface area contributed by atoms with E-state index in [1.165, 1.54) is 19.4 Å². The lowest BCUT2D eigenvalue weighted by molar-refractivity contribution is 0.0280. The van der Waals surface area contributed by atoms with Crippen LogP contribution >= 0.6 is 0 Å². The molecule has 0 radical (unpaired) electrons. The Hall–Kier alpha value is -0.120. The van der Waals surface area contributed by atoms with Gasteiger partial charge in [0.2, 0.25) is 0 Å². The smallest absolute Gasteiger partial charge is 0.0652 e. The van der Waals surface area contributed by atoms with E-state index in [4.69, 9.17) is 4.74 Å². The number of ether oxygens (including phenoxy) is 1. The monoisotopic (exact) mass is 198 g/mol. The van der Waals surface area contributed by atoms with Crippen LogP contribution in [0.2, 0.25) is 0 Å². The lowest BCUT2D eigenvalue weighted by atomic mass is 9.98. The first-order valence-electron chi connectivity index (χ1n) is 5.73. The Kier molecular flexibility index (Phi) is 3.42. The van der Waals surface area contributed by atoms with Crippen LogP contribution in [0, 0.1) is 11.8 Å². The minimum absolute atomic E-state index is 0.489. The van der Waals surface area contributed by atoms with Crippen LogP contribution in [-0.4, -0.2) is 51.3 Å². The summed E-state index contributed by atoms with van der Waals surface area (Å²) in [6, 6.07) is 0. The molecular formula is C11H22N2O.